The summed E-state index contributed by atoms with van der Waals surface area (Å²) in [5.41, 5.74) is 0.261. The van der Waals surface area contributed by atoms with E-state index in [0.29, 0.717) is 47.7 Å². The van der Waals surface area contributed by atoms with E-state index in [4.69, 9.17) is 25.6 Å². The van der Waals surface area contributed by atoms with Gasteiger partial charge in [-0.3, -0.25) is 9.59 Å². The number of halogens is 1. The van der Waals surface area contributed by atoms with E-state index in [-0.39, 0.29) is 24.1 Å². The third kappa shape index (κ3) is 5.12. The lowest BCUT2D eigenvalue weighted by Crippen LogP contribution is -2.44. The predicted octanol–water partition coefficient (Wildman–Crippen LogP) is 3.39. The number of piperidine rings is 1. The molecule has 8 nitrogen and oxygen atoms in total. The van der Waals surface area contributed by atoms with Crippen LogP contribution in [0.15, 0.2) is 28.8 Å². The van der Waals surface area contributed by atoms with Crippen LogP contribution in [0.1, 0.15) is 41.9 Å². The summed E-state index contributed by atoms with van der Waals surface area (Å²) in [4.78, 5) is 28.5. The molecule has 2 aliphatic rings. The summed E-state index contributed by atoms with van der Waals surface area (Å²) < 4.78 is 16.1. The van der Waals surface area contributed by atoms with E-state index >= 15 is 0 Å². The van der Waals surface area contributed by atoms with Crippen LogP contribution in [0.4, 0.5) is 0 Å². The number of benzene rings is 1. The van der Waals surface area contributed by atoms with Crippen LogP contribution in [-0.2, 0) is 11.4 Å². The SMILES string of the molecule is COc1ccc(OCc2cc(C(=O)N3CCC[C@H](CN4CCCC4=O)C3)no2)c(Cl)c1. The summed E-state index contributed by atoms with van der Waals surface area (Å²) in [6, 6.07) is 6.73. The predicted molar refractivity (Wildman–Crippen MR) is 113 cm³/mol. The van der Waals surface area contributed by atoms with E-state index in [0.717, 1.165) is 32.4 Å². The van der Waals surface area contributed by atoms with Gasteiger partial charge in [-0.2, -0.15) is 0 Å². The Morgan fingerprint density at radius 2 is 2.16 bits per heavy atom. The summed E-state index contributed by atoms with van der Waals surface area (Å²) in [5, 5.41) is 4.35. The van der Waals surface area contributed by atoms with E-state index in [1.54, 1.807) is 36.3 Å². The molecule has 1 aromatic carbocycles. The zero-order valence-corrected chi connectivity index (χ0v) is 18.3. The van der Waals surface area contributed by atoms with Gasteiger partial charge >= 0.3 is 0 Å². The lowest BCUT2D eigenvalue weighted by Gasteiger charge is -2.34. The smallest absolute Gasteiger partial charge is 0.276 e. The van der Waals surface area contributed by atoms with E-state index < -0.39 is 0 Å². The second-order valence-electron chi connectivity index (χ2n) is 7.97. The summed E-state index contributed by atoms with van der Waals surface area (Å²) in [7, 11) is 1.57. The quantitative estimate of drug-likeness (QED) is 0.646. The van der Waals surface area contributed by atoms with E-state index in [9.17, 15) is 9.59 Å². The Kier molecular flexibility index (Phi) is 6.65. The van der Waals surface area contributed by atoms with Crippen LogP contribution in [0.25, 0.3) is 0 Å². The van der Waals surface area contributed by atoms with E-state index in [1.165, 1.54) is 0 Å². The Morgan fingerprint density at radius 3 is 2.90 bits per heavy atom. The molecule has 0 radical (unpaired) electrons. The molecule has 2 fully saturated rings. The van der Waals surface area contributed by atoms with Crippen molar-refractivity contribution in [2.75, 3.05) is 33.3 Å². The van der Waals surface area contributed by atoms with Crippen LogP contribution in [0.5, 0.6) is 11.5 Å². The first-order valence-electron chi connectivity index (χ1n) is 10.5. The Balaban J connectivity index is 1.32. The summed E-state index contributed by atoms with van der Waals surface area (Å²) in [5.74, 6) is 1.93. The molecule has 9 heteroatoms. The Morgan fingerprint density at radius 1 is 1.29 bits per heavy atom. The van der Waals surface area contributed by atoms with Crippen molar-refractivity contribution in [2.24, 2.45) is 5.92 Å². The van der Waals surface area contributed by atoms with Gasteiger partial charge in [0.2, 0.25) is 5.91 Å². The molecule has 2 amide bonds. The van der Waals surface area contributed by atoms with Crippen molar-refractivity contribution in [3.05, 3.63) is 40.7 Å². The number of amides is 2. The van der Waals surface area contributed by atoms with Gasteiger partial charge in [-0.05, 0) is 37.3 Å². The first-order chi connectivity index (χ1) is 15.0. The number of carbonyl (C=O) groups excluding carboxylic acids is 2. The monoisotopic (exact) mass is 447 g/mol. The largest absolute Gasteiger partial charge is 0.497 e. The van der Waals surface area contributed by atoms with Crippen LogP contribution >= 0.6 is 11.6 Å². The first-order valence-corrected chi connectivity index (χ1v) is 10.9. The summed E-state index contributed by atoms with van der Waals surface area (Å²) >= 11 is 6.18. The maximum Gasteiger partial charge on any atom is 0.276 e. The molecule has 1 atom stereocenters. The van der Waals surface area contributed by atoms with Crippen molar-refractivity contribution < 1.29 is 23.6 Å². The van der Waals surface area contributed by atoms with Crippen molar-refractivity contribution in [3.8, 4) is 11.5 Å². The van der Waals surface area contributed by atoms with Crippen LogP contribution in [0.2, 0.25) is 5.02 Å². The van der Waals surface area contributed by atoms with Gasteiger partial charge in [0.1, 0.15) is 18.1 Å². The molecule has 1 aromatic heterocycles. The van der Waals surface area contributed by atoms with Gasteiger partial charge < -0.3 is 23.8 Å². The number of likely N-dealkylation sites (tertiary alicyclic amines) is 2. The number of rotatable bonds is 7. The molecular formula is C22H26ClN3O5. The molecule has 0 aliphatic carbocycles. The standard InChI is InChI=1S/C22H26ClN3O5/c1-29-16-6-7-20(18(23)10-16)30-14-17-11-19(24-31-17)22(28)26-9-2-4-15(13-26)12-25-8-3-5-21(25)27/h6-7,10-11,15H,2-5,8-9,12-14H2,1H3/t15-/m1/s1. The first kappa shape index (κ1) is 21.5. The summed E-state index contributed by atoms with van der Waals surface area (Å²) in [6.07, 6.45) is 3.51. The number of ether oxygens (including phenoxy) is 2. The second kappa shape index (κ2) is 9.60. The molecule has 0 unspecified atom stereocenters. The van der Waals surface area contributed by atoms with Crippen LogP contribution in [-0.4, -0.2) is 60.1 Å². The van der Waals surface area contributed by atoms with Crippen molar-refractivity contribution >= 4 is 23.4 Å². The average molecular weight is 448 g/mol. The summed E-state index contributed by atoms with van der Waals surface area (Å²) in [6.45, 7) is 2.97. The fourth-order valence-electron chi connectivity index (χ4n) is 4.13. The molecular weight excluding hydrogens is 422 g/mol. The molecule has 31 heavy (non-hydrogen) atoms. The molecule has 3 heterocycles. The highest BCUT2D eigenvalue weighted by Crippen LogP contribution is 2.29. The molecule has 2 aromatic rings. The minimum Gasteiger partial charge on any atom is -0.497 e. The van der Waals surface area contributed by atoms with E-state index in [1.807, 2.05) is 4.90 Å². The van der Waals surface area contributed by atoms with E-state index in [2.05, 4.69) is 5.16 Å². The van der Waals surface area contributed by atoms with Gasteiger partial charge in [0.15, 0.2) is 11.5 Å². The molecule has 2 saturated heterocycles. The average Bonchev–Trinajstić information content (AvgIpc) is 3.42. The third-order valence-corrected chi connectivity index (χ3v) is 6.04. The fourth-order valence-corrected chi connectivity index (χ4v) is 4.35. The lowest BCUT2D eigenvalue weighted by atomic mass is 9.97. The zero-order valence-electron chi connectivity index (χ0n) is 17.5. The van der Waals surface area contributed by atoms with Crippen molar-refractivity contribution in [1.29, 1.82) is 0 Å². The molecule has 0 saturated carbocycles. The molecule has 166 valence electrons. The number of nitrogens with zero attached hydrogens (tertiary/aromatic N) is 3. The van der Waals surface area contributed by atoms with Crippen LogP contribution in [0.3, 0.4) is 0 Å². The molecule has 0 bridgehead atoms. The maximum absolute atomic E-state index is 12.9. The van der Waals surface area contributed by atoms with Gasteiger partial charge in [0.25, 0.3) is 5.91 Å². The Labute approximate surface area is 186 Å². The van der Waals surface area contributed by atoms with Crippen LogP contribution in [0, 0.1) is 5.92 Å². The molecule has 2 aliphatic heterocycles. The highest BCUT2D eigenvalue weighted by atomic mass is 35.5. The highest BCUT2D eigenvalue weighted by Gasteiger charge is 2.30. The topological polar surface area (TPSA) is 85.1 Å². The number of hydrogen-bond acceptors (Lipinski definition) is 6. The van der Waals surface area contributed by atoms with Gasteiger partial charge in [-0.1, -0.05) is 16.8 Å². The van der Waals surface area contributed by atoms with Crippen molar-refractivity contribution in [3.63, 3.8) is 0 Å². The minimum absolute atomic E-state index is 0.103. The highest BCUT2D eigenvalue weighted by molar-refractivity contribution is 6.32. The Bertz CT molecular complexity index is 947. The Hall–Kier alpha value is -2.74. The number of methoxy groups -OCH3 is 1. The number of carbonyl (C=O) groups is 2. The normalized spacial score (nSPS) is 19.0. The third-order valence-electron chi connectivity index (χ3n) is 5.74. The molecule has 0 spiro atoms. The van der Waals surface area contributed by atoms with Gasteiger partial charge in [0, 0.05) is 44.7 Å². The van der Waals surface area contributed by atoms with Crippen LogP contribution < -0.4 is 9.47 Å². The fraction of sp³-hybridized carbons (Fsp3) is 0.500. The van der Waals surface area contributed by atoms with Gasteiger partial charge in [0.05, 0.1) is 12.1 Å². The van der Waals surface area contributed by atoms with Crippen molar-refractivity contribution in [2.45, 2.75) is 32.3 Å². The number of aromatic nitrogens is 1. The molecule has 4 rings (SSSR count). The maximum atomic E-state index is 12.9. The number of hydrogen-bond donors (Lipinski definition) is 0. The molecule has 0 N–H and O–H groups in total. The van der Waals surface area contributed by atoms with Gasteiger partial charge in [-0.25, -0.2) is 0 Å². The minimum atomic E-state index is -0.157. The van der Waals surface area contributed by atoms with Gasteiger partial charge in [-0.15, -0.1) is 0 Å². The second-order valence-corrected chi connectivity index (χ2v) is 8.37. The lowest BCUT2D eigenvalue weighted by molar-refractivity contribution is -0.128. The zero-order chi connectivity index (χ0) is 21.8. The van der Waals surface area contributed by atoms with Crippen molar-refractivity contribution in [1.82, 2.24) is 15.0 Å².